The minimum absolute atomic E-state index is 0.197. The maximum absolute atomic E-state index is 8.91. The second-order valence-corrected chi connectivity index (χ2v) is 4.64. The summed E-state index contributed by atoms with van der Waals surface area (Å²) in [6, 6.07) is 7.85. The summed E-state index contributed by atoms with van der Waals surface area (Å²) in [6.07, 6.45) is 0.752. The van der Waals surface area contributed by atoms with E-state index in [1.54, 1.807) is 11.8 Å². The third-order valence-corrected chi connectivity index (χ3v) is 3.45. The molecule has 1 rings (SSSR count). The Hall–Kier alpha value is -0.500. The molecule has 0 atom stereocenters. The van der Waals surface area contributed by atoms with E-state index >= 15 is 0 Å². The fourth-order valence-corrected chi connectivity index (χ4v) is 2.53. The van der Waals surface area contributed by atoms with Crippen molar-refractivity contribution in [2.75, 3.05) is 12.4 Å². The summed E-state index contributed by atoms with van der Waals surface area (Å²) in [7, 11) is 0. The molecule has 0 saturated heterocycles. The average Bonchev–Trinajstić information content (AvgIpc) is 2.18. The quantitative estimate of drug-likeness (QED) is 0.677. The Labute approximate surface area is 96.1 Å². The summed E-state index contributed by atoms with van der Waals surface area (Å²) in [5.41, 5.74) is 0.676. The molecule has 0 aliphatic heterocycles. The minimum atomic E-state index is 0.197. The van der Waals surface area contributed by atoms with Crippen LogP contribution in [-0.2, 0) is 0 Å². The number of hydrogen-bond donors (Lipinski definition) is 1. The Morgan fingerprint density at radius 3 is 2.93 bits per heavy atom. The lowest BCUT2D eigenvalue weighted by atomic mass is 10.2. The van der Waals surface area contributed by atoms with E-state index in [1.807, 2.05) is 18.2 Å². The zero-order chi connectivity index (χ0) is 10.4. The molecule has 0 unspecified atom stereocenters. The number of hydrogen-bond acceptors (Lipinski definition) is 3. The average molecular weight is 272 g/mol. The lowest BCUT2D eigenvalue weighted by Crippen LogP contribution is -1.88. The summed E-state index contributed by atoms with van der Waals surface area (Å²) in [4.78, 5) is 0.968. The van der Waals surface area contributed by atoms with Crippen molar-refractivity contribution >= 4 is 27.7 Å². The topological polar surface area (TPSA) is 44.0 Å². The monoisotopic (exact) mass is 271 g/mol. The zero-order valence-electron chi connectivity index (χ0n) is 7.53. The second kappa shape index (κ2) is 6.07. The smallest absolute Gasteiger partial charge is 0.101 e. The number of aliphatic hydroxyl groups is 1. The van der Waals surface area contributed by atoms with Crippen LogP contribution in [0.25, 0.3) is 0 Å². The van der Waals surface area contributed by atoms with Crippen LogP contribution in [0.2, 0.25) is 0 Å². The molecule has 1 aromatic rings. The van der Waals surface area contributed by atoms with Crippen molar-refractivity contribution in [1.29, 1.82) is 5.26 Å². The van der Waals surface area contributed by atoms with Gasteiger partial charge in [0.2, 0.25) is 0 Å². The lowest BCUT2D eigenvalue weighted by molar-refractivity contribution is 0.296. The number of halogens is 1. The van der Waals surface area contributed by atoms with Crippen LogP contribution in [0, 0.1) is 11.3 Å². The molecule has 0 radical (unpaired) electrons. The van der Waals surface area contributed by atoms with Crippen molar-refractivity contribution < 1.29 is 5.11 Å². The highest BCUT2D eigenvalue weighted by molar-refractivity contribution is 9.10. The predicted molar refractivity (Wildman–Crippen MR) is 61.3 cm³/mol. The number of nitriles is 1. The minimum Gasteiger partial charge on any atom is -0.396 e. The van der Waals surface area contributed by atoms with Crippen LogP contribution in [0.1, 0.15) is 12.0 Å². The first-order chi connectivity index (χ1) is 6.79. The summed E-state index contributed by atoms with van der Waals surface area (Å²) < 4.78 is 0.828. The molecule has 4 heteroatoms. The largest absolute Gasteiger partial charge is 0.396 e. The van der Waals surface area contributed by atoms with E-state index in [1.165, 1.54) is 0 Å². The summed E-state index contributed by atoms with van der Waals surface area (Å²) in [5, 5.41) is 17.6. The Kier molecular flexibility index (Phi) is 5.02. The van der Waals surface area contributed by atoms with Gasteiger partial charge in [-0.3, -0.25) is 0 Å². The van der Waals surface area contributed by atoms with Gasteiger partial charge in [0.05, 0.1) is 5.56 Å². The van der Waals surface area contributed by atoms with Gasteiger partial charge in [-0.05, 0) is 34.5 Å². The molecule has 0 amide bonds. The molecule has 0 aromatic heterocycles. The third kappa shape index (κ3) is 3.02. The first kappa shape index (κ1) is 11.6. The van der Waals surface area contributed by atoms with Crippen LogP contribution < -0.4 is 0 Å². The number of aliphatic hydroxyl groups excluding tert-OH is 1. The van der Waals surface area contributed by atoms with Crippen molar-refractivity contribution in [1.82, 2.24) is 0 Å². The molecule has 1 N–H and O–H groups in total. The fraction of sp³-hybridized carbons (Fsp3) is 0.300. The van der Waals surface area contributed by atoms with Gasteiger partial charge in [0.25, 0.3) is 0 Å². The van der Waals surface area contributed by atoms with Crippen molar-refractivity contribution in [3.63, 3.8) is 0 Å². The van der Waals surface area contributed by atoms with E-state index in [0.29, 0.717) is 5.56 Å². The molecule has 1 aromatic carbocycles. The molecule has 0 aliphatic carbocycles. The van der Waals surface area contributed by atoms with Gasteiger partial charge >= 0.3 is 0 Å². The van der Waals surface area contributed by atoms with Crippen LogP contribution in [0.5, 0.6) is 0 Å². The highest BCUT2D eigenvalue weighted by atomic mass is 79.9. The van der Waals surface area contributed by atoms with Crippen molar-refractivity contribution in [2.45, 2.75) is 11.3 Å². The fourth-order valence-electron chi connectivity index (χ4n) is 0.980. The van der Waals surface area contributed by atoms with Crippen LogP contribution in [0.3, 0.4) is 0 Å². The Morgan fingerprint density at radius 1 is 1.50 bits per heavy atom. The second-order valence-electron chi connectivity index (χ2n) is 2.65. The molecule has 2 nitrogen and oxygen atoms in total. The van der Waals surface area contributed by atoms with E-state index < -0.39 is 0 Å². The summed E-state index contributed by atoms with van der Waals surface area (Å²) in [5.74, 6) is 0.835. The van der Waals surface area contributed by atoms with Gasteiger partial charge in [0.1, 0.15) is 6.07 Å². The first-order valence-corrected chi connectivity index (χ1v) is 5.99. The molecular formula is C10H10BrNOS. The van der Waals surface area contributed by atoms with Crippen molar-refractivity contribution in [3.05, 3.63) is 28.2 Å². The number of thioether (sulfide) groups is 1. The van der Waals surface area contributed by atoms with Gasteiger partial charge in [-0.15, -0.1) is 11.8 Å². The molecule has 0 bridgehead atoms. The third-order valence-electron chi connectivity index (χ3n) is 1.65. The van der Waals surface area contributed by atoms with Crippen LogP contribution >= 0.6 is 27.7 Å². The van der Waals surface area contributed by atoms with Crippen LogP contribution in [0.15, 0.2) is 27.6 Å². The highest BCUT2D eigenvalue weighted by Crippen LogP contribution is 2.28. The maximum atomic E-state index is 8.91. The Balaban J connectivity index is 2.76. The van der Waals surface area contributed by atoms with E-state index in [4.69, 9.17) is 10.4 Å². The van der Waals surface area contributed by atoms with Crippen molar-refractivity contribution in [3.8, 4) is 6.07 Å². The zero-order valence-corrected chi connectivity index (χ0v) is 9.94. The number of rotatable bonds is 4. The van der Waals surface area contributed by atoms with E-state index in [9.17, 15) is 0 Å². The van der Waals surface area contributed by atoms with Crippen molar-refractivity contribution in [2.24, 2.45) is 0 Å². The standard InChI is InChI=1S/C10H10BrNOS/c11-9-3-1-4-10(8(9)7-12)14-6-2-5-13/h1,3-4,13H,2,5-6H2. The molecule has 14 heavy (non-hydrogen) atoms. The van der Waals surface area contributed by atoms with Crippen LogP contribution in [-0.4, -0.2) is 17.5 Å². The number of benzene rings is 1. The van der Waals surface area contributed by atoms with Crippen LogP contribution in [0.4, 0.5) is 0 Å². The number of nitrogens with zero attached hydrogens (tertiary/aromatic N) is 1. The van der Waals surface area contributed by atoms with E-state index in [0.717, 1.165) is 21.5 Å². The summed E-state index contributed by atoms with van der Waals surface area (Å²) >= 11 is 4.93. The van der Waals surface area contributed by atoms with Gasteiger partial charge in [0, 0.05) is 21.7 Å². The lowest BCUT2D eigenvalue weighted by Gasteiger charge is -2.03. The van der Waals surface area contributed by atoms with Gasteiger partial charge in [-0.2, -0.15) is 5.26 Å². The summed E-state index contributed by atoms with van der Waals surface area (Å²) in [6.45, 7) is 0.197. The molecule has 0 heterocycles. The molecule has 0 saturated carbocycles. The SMILES string of the molecule is N#Cc1c(Br)cccc1SCCCO. The van der Waals surface area contributed by atoms with Gasteiger partial charge in [0.15, 0.2) is 0 Å². The molecule has 0 aliphatic rings. The highest BCUT2D eigenvalue weighted by Gasteiger charge is 2.05. The van der Waals surface area contributed by atoms with E-state index in [-0.39, 0.29) is 6.61 Å². The van der Waals surface area contributed by atoms with Gasteiger partial charge in [-0.25, -0.2) is 0 Å². The molecular weight excluding hydrogens is 262 g/mol. The Bertz CT molecular complexity index is 348. The van der Waals surface area contributed by atoms with Gasteiger partial charge < -0.3 is 5.11 Å². The first-order valence-electron chi connectivity index (χ1n) is 4.22. The molecule has 0 spiro atoms. The van der Waals surface area contributed by atoms with Gasteiger partial charge in [-0.1, -0.05) is 6.07 Å². The molecule has 74 valence electrons. The Morgan fingerprint density at radius 2 is 2.29 bits per heavy atom. The molecule has 0 fully saturated rings. The maximum Gasteiger partial charge on any atom is 0.101 e. The normalized spacial score (nSPS) is 9.79. The van der Waals surface area contributed by atoms with E-state index in [2.05, 4.69) is 22.0 Å². The predicted octanol–water partition coefficient (Wildman–Crippen LogP) is 2.80.